The molecule has 1 N–H and O–H groups in total. The maximum absolute atomic E-state index is 10.3. The predicted octanol–water partition coefficient (Wildman–Crippen LogP) is 0.315. The molecule has 0 amide bonds. The van der Waals surface area contributed by atoms with Crippen LogP contribution in [-0.2, 0) is 23.9 Å². The standard InChI is InChI=1S/C5H10O3.C5H8O3.H2/c2*1-3-8-5(7)4(2)6;/h4,6H,3H2,1-2H3;3H2,1-2H3;1H. The minimum Gasteiger partial charge on any atom is -0.464 e. The van der Waals surface area contributed by atoms with Gasteiger partial charge in [0.15, 0.2) is 0 Å². The first-order valence-corrected chi connectivity index (χ1v) is 4.89. The molecule has 0 aliphatic heterocycles. The lowest BCUT2D eigenvalue weighted by atomic mass is 10.4. The molecule has 0 aromatic heterocycles. The molecule has 1 atom stereocenters. The molecule has 0 aromatic rings. The molecule has 0 radical (unpaired) electrons. The molecule has 0 heterocycles. The molecule has 16 heavy (non-hydrogen) atoms. The smallest absolute Gasteiger partial charge is 0.374 e. The Labute approximate surface area is 96.0 Å². The number of Topliss-reactive ketones (excluding diaryl/α,β-unsaturated/α-hetero) is 1. The molecule has 1 unspecified atom stereocenters. The Balaban J connectivity index is -0.000000218. The molecule has 0 saturated heterocycles. The first-order valence-electron chi connectivity index (χ1n) is 4.89. The van der Waals surface area contributed by atoms with Crippen LogP contribution in [0, 0.1) is 0 Å². The number of esters is 2. The molecule has 0 saturated carbocycles. The summed E-state index contributed by atoms with van der Waals surface area (Å²) in [4.78, 5) is 30.5. The second-order valence-electron chi connectivity index (χ2n) is 2.70. The van der Waals surface area contributed by atoms with E-state index >= 15 is 0 Å². The minimum absolute atomic E-state index is 0. The van der Waals surface area contributed by atoms with E-state index in [1.54, 1.807) is 13.8 Å². The third-order valence-electron chi connectivity index (χ3n) is 1.19. The van der Waals surface area contributed by atoms with Crippen molar-refractivity contribution >= 4 is 17.7 Å². The van der Waals surface area contributed by atoms with Gasteiger partial charge in [0.2, 0.25) is 5.78 Å². The van der Waals surface area contributed by atoms with Crippen LogP contribution >= 0.6 is 0 Å². The zero-order chi connectivity index (χ0) is 13.1. The van der Waals surface area contributed by atoms with Gasteiger partial charge in [0.1, 0.15) is 6.10 Å². The largest absolute Gasteiger partial charge is 0.464 e. The number of aliphatic hydroxyl groups is 1. The van der Waals surface area contributed by atoms with Gasteiger partial charge >= 0.3 is 11.9 Å². The van der Waals surface area contributed by atoms with E-state index in [2.05, 4.69) is 9.47 Å². The normalized spacial score (nSPS) is 10.6. The Hall–Kier alpha value is -1.43. The first-order chi connectivity index (χ1) is 7.36. The van der Waals surface area contributed by atoms with Gasteiger partial charge in [-0.25, -0.2) is 9.59 Å². The van der Waals surface area contributed by atoms with Crippen molar-refractivity contribution in [1.82, 2.24) is 0 Å². The van der Waals surface area contributed by atoms with Crippen LogP contribution in [0.25, 0.3) is 0 Å². The highest BCUT2D eigenvalue weighted by atomic mass is 16.5. The maximum atomic E-state index is 10.3. The Kier molecular flexibility index (Phi) is 10.7. The van der Waals surface area contributed by atoms with E-state index in [1.807, 2.05) is 0 Å². The van der Waals surface area contributed by atoms with Crippen LogP contribution in [0.4, 0.5) is 0 Å². The van der Waals surface area contributed by atoms with Gasteiger partial charge in [-0.15, -0.1) is 0 Å². The van der Waals surface area contributed by atoms with Crippen LogP contribution in [0.1, 0.15) is 29.1 Å². The third kappa shape index (κ3) is 10.6. The lowest BCUT2D eigenvalue weighted by Crippen LogP contribution is -2.18. The summed E-state index contributed by atoms with van der Waals surface area (Å²) in [5, 5.41) is 8.48. The van der Waals surface area contributed by atoms with Crippen LogP contribution in [0.3, 0.4) is 0 Å². The van der Waals surface area contributed by atoms with Gasteiger partial charge in [0.05, 0.1) is 13.2 Å². The summed E-state index contributed by atoms with van der Waals surface area (Å²) in [7, 11) is 0. The van der Waals surface area contributed by atoms with E-state index in [0.29, 0.717) is 6.61 Å². The van der Waals surface area contributed by atoms with Crippen molar-refractivity contribution in [2.24, 2.45) is 0 Å². The quantitative estimate of drug-likeness (QED) is 0.558. The van der Waals surface area contributed by atoms with Crippen LogP contribution in [0.5, 0.6) is 0 Å². The first kappa shape index (κ1) is 17.0. The fourth-order valence-electron chi connectivity index (χ4n) is 0.496. The second-order valence-corrected chi connectivity index (χ2v) is 2.70. The second kappa shape index (κ2) is 10.1. The molecule has 6 nitrogen and oxygen atoms in total. The summed E-state index contributed by atoms with van der Waals surface area (Å²) >= 11 is 0. The van der Waals surface area contributed by atoms with E-state index in [9.17, 15) is 14.4 Å². The SMILES string of the molecule is CCOC(=O)C(C)=O.CCOC(=O)C(C)O.[HH]. The number of hydrogen-bond acceptors (Lipinski definition) is 6. The highest BCUT2D eigenvalue weighted by molar-refractivity contribution is 6.32. The Morgan fingerprint density at radius 3 is 1.75 bits per heavy atom. The number of ketones is 1. The number of carbonyl (C=O) groups is 3. The maximum Gasteiger partial charge on any atom is 0.374 e. The molecular formula is C10H20O6. The van der Waals surface area contributed by atoms with Gasteiger partial charge in [-0.05, 0) is 20.8 Å². The monoisotopic (exact) mass is 236 g/mol. The van der Waals surface area contributed by atoms with Crippen LogP contribution in [0.2, 0.25) is 0 Å². The van der Waals surface area contributed by atoms with Crippen molar-refractivity contribution in [3.05, 3.63) is 0 Å². The van der Waals surface area contributed by atoms with Crippen LogP contribution < -0.4 is 0 Å². The van der Waals surface area contributed by atoms with Gasteiger partial charge in [-0.1, -0.05) is 0 Å². The number of ether oxygens (including phenoxy) is 2. The molecule has 0 fully saturated rings. The number of aliphatic hydroxyl groups excluding tert-OH is 1. The Morgan fingerprint density at radius 2 is 1.62 bits per heavy atom. The van der Waals surface area contributed by atoms with E-state index in [0.717, 1.165) is 0 Å². The zero-order valence-electron chi connectivity index (χ0n) is 9.98. The average molecular weight is 236 g/mol. The summed E-state index contributed by atoms with van der Waals surface area (Å²) in [5.41, 5.74) is 0. The van der Waals surface area contributed by atoms with Gasteiger partial charge in [0, 0.05) is 8.35 Å². The topological polar surface area (TPSA) is 89.9 Å². The van der Waals surface area contributed by atoms with Crippen molar-refractivity contribution in [1.29, 1.82) is 0 Å². The van der Waals surface area contributed by atoms with E-state index in [-0.39, 0.29) is 8.03 Å². The Morgan fingerprint density at radius 1 is 1.19 bits per heavy atom. The lowest BCUT2D eigenvalue weighted by Gasteiger charge is -2.01. The summed E-state index contributed by atoms with van der Waals surface area (Å²) in [5.74, 6) is -1.87. The molecule has 0 bridgehead atoms. The van der Waals surface area contributed by atoms with Gasteiger partial charge in [0.25, 0.3) is 0 Å². The van der Waals surface area contributed by atoms with Crippen molar-refractivity contribution in [3.63, 3.8) is 0 Å². The molecule has 0 aromatic carbocycles. The molecule has 0 aliphatic rings. The molecule has 96 valence electrons. The van der Waals surface area contributed by atoms with E-state index < -0.39 is 23.8 Å². The summed E-state index contributed by atoms with van der Waals surface area (Å²) in [6.45, 7) is 6.49. The van der Waals surface area contributed by atoms with Crippen molar-refractivity contribution in [2.75, 3.05) is 13.2 Å². The number of rotatable bonds is 4. The molecule has 0 aliphatic carbocycles. The molecule has 0 spiro atoms. The van der Waals surface area contributed by atoms with Crippen LogP contribution in [0.15, 0.2) is 0 Å². The van der Waals surface area contributed by atoms with Crippen LogP contribution in [-0.4, -0.2) is 42.1 Å². The minimum atomic E-state index is -0.991. The van der Waals surface area contributed by atoms with E-state index in [1.165, 1.54) is 13.8 Å². The lowest BCUT2D eigenvalue weighted by molar-refractivity contribution is -0.152. The summed E-state index contributed by atoms with van der Waals surface area (Å²) in [6.07, 6.45) is -0.991. The van der Waals surface area contributed by atoms with Gasteiger partial charge in [-0.3, -0.25) is 4.79 Å². The van der Waals surface area contributed by atoms with Crippen molar-refractivity contribution < 1.29 is 30.4 Å². The highest BCUT2D eigenvalue weighted by Gasteiger charge is 2.07. The van der Waals surface area contributed by atoms with Crippen molar-refractivity contribution in [3.8, 4) is 0 Å². The fourth-order valence-corrected chi connectivity index (χ4v) is 0.496. The van der Waals surface area contributed by atoms with Crippen molar-refractivity contribution in [2.45, 2.75) is 33.8 Å². The van der Waals surface area contributed by atoms with E-state index in [4.69, 9.17) is 5.11 Å². The molecule has 6 heteroatoms. The zero-order valence-corrected chi connectivity index (χ0v) is 9.98. The van der Waals surface area contributed by atoms with Gasteiger partial charge in [-0.2, -0.15) is 0 Å². The summed E-state index contributed by atoms with van der Waals surface area (Å²) in [6, 6.07) is 0. The third-order valence-corrected chi connectivity index (χ3v) is 1.19. The van der Waals surface area contributed by atoms with Gasteiger partial charge < -0.3 is 14.6 Å². The number of hydrogen-bond donors (Lipinski definition) is 1. The highest BCUT2D eigenvalue weighted by Crippen LogP contribution is 1.84. The molecular weight excluding hydrogens is 216 g/mol. The average Bonchev–Trinajstić information content (AvgIpc) is 2.19. The predicted molar refractivity (Wildman–Crippen MR) is 57.7 cm³/mol. The Bertz CT molecular complexity index is 239. The number of carbonyl (C=O) groups excluding carboxylic acids is 3. The fraction of sp³-hybridized carbons (Fsp3) is 0.700. The summed E-state index contributed by atoms with van der Waals surface area (Å²) < 4.78 is 8.73. The molecule has 0 rings (SSSR count).